The fourth-order valence-electron chi connectivity index (χ4n) is 3.44. The molecule has 5 nitrogen and oxygen atoms in total. The summed E-state index contributed by atoms with van der Waals surface area (Å²) in [6.45, 7) is 6.81. The lowest BCUT2D eigenvalue weighted by Crippen LogP contribution is -2.44. The standard InChI is InChI=1S/C16H27N3O2/c1-4-6-16(15(20)21)7-9-19(10-8-16)12-13-11-18(3)17-14(13)5-2/h11H,4-10,12H2,1-3H3,(H,20,21). The van der Waals surface area contributed by atoms with Gasteiger partial charge in [-0.2, -0.15) is 5.10 Å². The Morgan fingerprint density at radius 1 is 1.38 bits per heavy atom. The van der Waals surface area contributed by atoms with E-state index in [1.807, 2.05) is 11.7 Å². The van der Waals surface area contributed by atoms with Gasteiger partial charge in [0.25, 0.3) is 0 Å². The Bertz CT molecular complexity index is 488. The highest BCUT2D eigenvalue weighted by atomic mass is 16.4. The molecule has 118 valence electrons. The molecule has 2 rings (SSSR count). The maximum Gasteiger partial charge on any atom is 0.309 e. The molecule has 1 aliphatic rings. The van der Waals surface area contributed by atoms with Crippen LogP contribution in [0.1, 0.15) is 50.8 Å². The van der Waals surface area contributed by atoms with Gasteiger partial charge in [-0.05, 0) is 38.8 Å². The van der Waals surface area contributed by atoms with Crippen molar-refractivity contribution < 1.29 is 9.90 Å². The quantitative estimate of drug-likeness (QED) is 0.875. The van der Waals surface area contributed by atoms with Gasteiger partial charge >= 0.3 is 5.97 Å². The van der Waals surface area contributed by atoms with Gasteiger partial charge in [-0.15, -0.1) is 0 Å². The van der Waals surface area contributed by atoms with E-state index in [2.05, 4.69) is 30.0 Å². The minimum Gasteiger partial charge on any atom is -0.481 e. The summed E-state index contributed by atoms with van der Waals surface area (Å²) in [6, 6.07) is 0. The largest absolute Gasteiger partial charge is 0.481 e. The van der Waals surface area contributed by atoms with Gasteiger partial charge < -0.3 is 5.11 Å². The highest BCUT2D eigenvalue weighted by Gasteiger charge is 2.40. The second-order valence-electron chi connectivity index (χ2n) is 6.24. The maximum absolute atomic E-state index is 11.6. The second-order valence-corrected chi connectivity index (χ2v) is 6.24. The Hall–Kier alpha value is -1.36. The summed E-state index contributed by atoms with van der Waals surface area (Å²) in [7, 11) is 1.95. The molecule has 2 heterocycles. The normalized spacial score (nSPS) is 18.8. The van der Waals surface area contributed by atoms with Crippen LogP contribution in [0.15, 0.2) is 6.20 Å². The smallest absolute Gasteiger partial charge is 0.309 e. The van der Waals surface area contributed by atoms with Crippen LogP contribution in [-0.4, -0.2) is 38.8 Å². The summed E-state index contributed by atoms with van der Waals surface area (Å²) < 4.78 is 1.87. The van der Waals surface area contributed by atoms with Crippen molar-refractivity contribution in [3.05, 3.63) is 17.5 Å². The Labute approximate surface area is 126 Å². The number of aliphatic carboxylic acids is 1. The van der Waals surface area contributed by atoms with Crippen molar-refractivity contribution in [2.24, 2.45) is 12.5 Å². The predicted molar refractivity (Wildman–Crippen MR) is 82.1 cm³/mol. The molecule has 0 amide bonds. The number of hydrogen-bond acceptors (Lipinski definition) is 3. The van der Waals surface area contributed by atoms with Crippen molar-refractivity contribution in [2.45, 2.75) is 52.5 Å². The van der Waals surface area contributed by atoms with Crippen LogP contribution in [0.4, 0.5) is 0 Å². The number of likely N-dealkylation sites (tertiary alicyclic amines) is 1. The number of aromatic nitrogens is 2. The van der Waals surface area contributed by atoms with Crippen LogP contribution in [0, 0.1) is 5.41 Å². The summed E-state index contributed by atoms with van der Waals surface area (Å²) in [4.78, 5) is 14.0. The molecule has 1 N–H and O–H groups in total. The third-order valence-corrected chi connectivity index (χ3v) is 4.72. The molecule has 0 saturated carbocycles. The zero-order chi connectivity index (χ0) is 15.5. The lowest BCUT2D eigenvalue weighted by Gasteiger charge is -2.38. The van der Waals surface area contributed by atoms with Crippen LogP contribution in [-0.2, 0) is 24.8 Å². The minimum atomic E-state index is -0.611. The maximum atomic E-state index is 11.6. The predicted octanol–water partition coefficient (Wildman–Crippen LogP) is 2.45. The molecule has 0 aliphatic carbocycles. The van der Waals surface area contributed by atoms with E-state index in [1.54, 1.807) is 0 Å². The highest BCUT2D eigenvalue weighted by molar-refractivity contribution is 5.74. The van der Waals surface area contributed by atoms with Gasteiger partial charge in [0.15, 0.2) is 0 Å². The Kier molecular flexibility index (Phi) is 5.04. The molecule has 21 heavy (non-hydrogen) atoms. The van der Waals surface area contributed by atoms with E-state index in [1.165, 1.54) is 5.56 Å². The summed E-state index contributed by atoms with van der Waals surface area (Å²) in [5.41, 5.74) is 1.94. The van der Waals surface area contributed by atoms with Gasteiger partial charge in [-0.3, -0.25) is 14.4 Å². The van der Waals surface area contributed by atoms with Gasteiger partial charge in [0.2, 0.25) is 0 Å². The number of nitrogens with zero attached hydrogens (tertiary/aromatic N) is 3. The van der Waals surface area contributed by atoms with E-state index in [4.69, 9.17) is 0 Å². The third kappa shape index (κ3) is 3.46. The molecule has 1 aliphatic heterocycles. The van der Waals surface area contributed by atoms with Crippen LogP contribution in [0.2, 0.25) is 0 Å². The molecule has 1 aromatic rings. The SMILES string of the molecule is CCCC1(C(=O)O)CCN(Cc2cn(C)nc2CC)CC1. The molecule has 1 fully saturated rings. The van der Waals surface area contributed by atoms with Crippen LogP contribution in [0.25, 0.3) is 0 Å². The van der Waals surface area contributed by atoms with E-state index >= 15 is 0 Å². The van der Waals surface area contributed by atoms with Crippen molar-refractivity contribution in [1.29, 1.82) is 0 Å². The first kappa shape index (κ1) is 16.0. The van der Waals surface area contributed by atoms with E-state index in [0.29, 0.717) is 0 Å². The Morgan fingerprint density at radius 2 is 2.05 bits per heavy atom. The van der Waals surface area contributed by atoms with Crippen LogP contribution in [0.5, 0.6) is 0 Å². The topological polar surface area (TPSA) is 58.4 Å². The van der Waals surface area contributed by atoms with Crippen LogP contribution in [0.3, 0.4) is 0 Å². The first-order valence-corrected chi connectivity index (χ1v) is 7.98. The van der Waals surface area contributed by atoms with Gasteiger partial charge in [0.1, 0.15) is 0 Å². The third-order valence-electron chi connectivity index (χ3n) is 4.72. The van der Waals surface area contributed by atoms with E-state index in [0.717, 1.165) is 57.4 Å². The van der Waals surface area contributed by atoms with E-state index in [9.17, 15) is 9.90 Å². The molecular weight excluding hydrogens is 266 g/mol. The van der Waals surface area contributed by atoms with Crippen molar-refractivity contribution in [3.8, 4) is 0 Å². The fourth-order valence-corrected chi connectivity index (χ4v) is 3.44. The number of hydrogen-bond donors (Lipinski definition) is 1. The summed E-state index contributed by atoms with van der Waals surface area (Å²) >= 11 is 0. The molecule has 0 radical (unpaired) electrons. The Morgan fingerprint density at radius 3 is 2.57 bits per heavy atom. The lowest BCUT2D eigenvalue weighted by molar-refractivity contribution is -0.152. The number of carboxylic acid groups (broad SMARTS) is 1. The van der Waals surface area contributed by atoms with E-state index < -0.39 is 11.4 Å². The zero-order valence-corrected chi connectivity index (χ0v) is 13.4. The van der Waals surface area contributed by atoms with Gasteiger partial charge in [0, 0.05) is 25.4 Å². The van der Waals surface area contributed by atoms with Gasteiger partial charge in [0.05, 0.1) is 11.1 Å². The second kappa shape index (κ2) is 6.60. The van der Waals surface area contributed by atoms with Crippen molar-refractivity contribution >= 4 is 5.97 Å². The number of aryl methyl sites for hydroxylation is 2. The average Bonchev–Trinajstić information content (AvgIpc) is 2.81. The molecule has 1 aromatic heterocycles. The molecule has 0 atom stereocenters. The van der Waals surface area contributed by atoms with Crippen molar-refractivity contribution in [3.63, 3.8) is 0 Å². The van der Waals surface area contributed by atoms with Crippen LogP contribution >= 0.6 is 0 Å². The Balaban J connectivity index is 1.99. The molecule has 0 bridgehead atoms. The molecule has 0 aromatic carbocycles. The molecule has 0 unspecified atom stereocenters. The van der Waals surface area contributed by atoms with Crippen LogP contribution < -0.4 is 0 Å². The average molecular weight is 293 g/mol. The minimum absolute atomic E-state index is 0.492. The number of carbonyl (C=O) groups is 1. The lowest BCUT2D eigenvalue weighted by atomic mass is 9.75. The number of carboxylic acids is 1. The highest BCUT2D eigenvalue weighted by Crippen LogP contribution is 2.36. The van der Waals surface area contributed by atoms with Gasteiger partial charge in [-0.1, -0.05) is 20.3 Å². The molecular formula is C16H27N3O2. The molecule has 5 heteroatoms. The monoisotopic (exact) mass is 293 g/mol. The van der Waals surface area contributed by atoms with Crippen molar-refractivity contribution in [1.82, 2.24) is 14.7 Å². The van der Waals surface area contributed by atoms with Crippen molar-refractivity contribution in [2.75, 3.05) is 13.1 Å². The number of rotatable bonds is 6. The zero-order valence-electron chi connectivity index (χ0n) is 13.4. The number of piperidine rings is 1. The fraction of sp³-hybridized carbons (Fsp3) is 0.750. The summed E-state index contributed by atoms with van der Waals surface area (Å²) in [6.07, 6.45) is 6.29. The van der Waals surface area contributed by atoms with Gasteiger partial charge in [-0.25, -0.2) is 0 Å². The summed E-state index contributed by atoms with van der Waals surface area (Å²) in [5.74, 6) is -0.611. The summed E-state index contributed by atoms with van der Waals surface area (Å²) in [5, 5.41) is 14.0. The molecule has 1 saturated heterocycles. The first-order valence-electron chi connectivity index (χ1n) is 7.98. The first-order chi connectivity index (χ1) is 10.0. The molecule has 0 spiro atoms. The van der Waals surface area contributed by atoms with E-state index in [-0.39, 0.29) is 0 Å².